The Labute approximate surface area is 173 Å². The summed E-state index contributed by atoms with van der Waals surface area (Å²) < 4.78 is 8.05. The third kappa shape index (κ3) is 4.58. The van der Waals surface area contributed by atoms with Gasteiger partial charge in [-0.15, -0.1) is 0 Å². The lowest BCUT2D eigenvalue weighted by Gasteiger charge is -2.11. The molecule has 1 heterocycles. The fourth-order valence-corrected chi connectivity index (χ4v) is 3.40. The molecule has 5 nitrogen and oxygen atoms in total. The van der Waals surface area contributed by atoms with Crippen LogP contribution in [0, 0.1) is 0 Å². The number of aliphatic carboxylic acids is 1. The van der Waals surface area contributed by atoms with Crippen molar-refractivity contribution >= 4 is 28.6 Å². The molecule has 0 aliphatic carbocycles. The van der Waals surface area contributed by atoms with Crippen molar-refractivity contribution in [1.29, 1.82) is 0 Å². The molecule has 0 saturated carbocycles. The highest BCUT2D eigenvalue weighted by Crippen LogP contribution is 2.23. The van der Waals surface area contributed by atoms with Gasteiger partial charge in [0.1, 0.15) is 18.2 Å². The van der Waals surface area contributed by atoms with Gasteiger partial charge in [-0.2, -0.15) is 0 Å². The number of fused-ring (bicyclic) bond motifs is 1. The summed E-state index contributed by atoms with van der Waals surface area (Å²) in [6, 6.07) is 22.9. The van der Waals surface area contributed by atoms with Gasteiger partial charge in [0.05, 0.1) is 17.5 Å². The lowest BCUT2D eigenvalue weighted by atomic mass is 10.1. The number of benzene rings is 3. The number of hydrogen-bond donors (Lipinski definition) is 1. The minimum Gasteiger partial charge on any atom is -0.486 e. The average molecular weight is 407 g/mol. The van der Waals surface area contributed by atoms with E-state index in [1.165, 1.54) is 5.56 Å². The predicted octanol–water partition coefficient (Wildman–Crippen LogP) is 4.94. The minimum atomic E-state index is -0.855. The zero-order chi connectivity index (χ0) is 20.2. The number of rotatable bonds is 7. The van der Waals surface area contributed by atoms with Crippen LogP contribution in [0.4, 0.5) is 0 Å². The molecular formula is C23H19ClN2O3. The molecule has 0 unspecified atom stereocenters. The van der Waals surface area contributed by atoms with Crippen molar-refractivity contribution in [2.45, 2.75) is 19.6 Å². The first-order valence-electron chi connectivity index (χ1n) is 9.20. The highest BCUT2D eigenvalue weighted by Gasteiger charge is 2.13. The molecular weight excluding hydrogens is 388 g/mol. The predicted molar refractivity (Wildman–Crippen MR) is 112 cm³/mol. The largest absolute Gasteiger partial charge is 0.486 e. The van der Waals surface area contributed by atoms with Crippen molar-refractivity contribution in [1.82, 2.24) is 9.55 Å². The van der Waals surface area contributed by atoms with Gasteiger partial charge in [0, 0.05) is 11.6 Å². The van der Waals surface area contributed by atoms with E-state index in [-0.39, 0.29) is 13.0 Å². The van der Waals surface area contributed by atoms with E-state index in [2.05, 4.69) is 16.7 Å². The van der Waals surface area contributed by atoms with Crippen LogP contribution >= 0.6 is 11.6 Å². The third-order valence-corrected chi connectivity index (χ3v) is 4.85. The zero-order valence-electron chi connectivity index (χ0n) is 15.6. The van der Waals surface area contributed by atoms with E-state index in [1.807, 2.05) is 36.4 Å². The van der Waals surface area contributed by atoms with Crippen LogP contribution in [0.5, 0.6) is 5.75 Å². The zero-order valence-corrected chi connectivity index (χ0v) is 16.3. The summed E-state index contributed by atoms with van der Waals surface area (Å²) in [5, 5.41) is 9.52. The van der Waals surface area contributed by atoms with Crippen LogP contribution in [-0.4, -0.2) is 20.6 Å². The van der Waals surface area contributed by atoms with Gasteiger partial charge in [0.15, 0.2) is 0 Å². The van der Waals surface area contributed by atoms with Gasteiger partial charge in [-0.05, 0) is 41.5 Å². The van der Waals surface area contributed by atoms with E-state index < -0.39 is 5.97 Å². The average Bonchev–Trinajstić information content (AvgIpc) is 3.04. The van der Waals surface area contributed by atoms with Crippen molar-refractivity contribution < 1.29 is 14.6 Å². The van der Waals surface area contributed by atoms with Crippen LogP contribution in [0.25, 0.3) is 11.0 Å². The van der Waals surface area contributed by atoms with Crippen molar-refractivity contribution in [3.63, 3.8) is 0 Å². The summed E-state index contributed by atoms with van der Waals surface area (Å²) in [4.78, 5) is 15.5. The molecule has 0 radical (unpaired) electrons. The molecule has 0 bridgehead atoms. The van der Waals surface area contributed by atoms with Gasteiger partial charge in [-0.1, -0.05) is 54.1 Å². The summed E-state index contributed by atoms with van der Waals surface area (Å²) in [5.74, 6) is 0.600. The molecule has 1 aromatic heterocycles. The molecule has 0 fully saturated rings. The molecule has 0 amide bonds. The maximum absolute atomic E-state index is 10.8. The first kappa shape index (κ1) is 19.0. The standard InChI is InChI=1S/C23H19ClN2O3/c24-18-8-11-21-20(13-18)25-22(26(21)14-17-4-2-1-3-5-17)15-29-19-9-6-16(7-10-19)12-23(27)28/h1-11,13H,12,14-15H2,(H,27,28). The van der Waals surface area contributed by atoms with Gasteiger partial charge in [-0.25, -0.2) is 4.98 Å². The van der Waals surface area contributed by atoms with Crippen LogP contribution in [0.3, 0.4) is 0 Å². The highest BCUT2D eigenvalue weighted by atomic mass is 35.5. The van der Waals surface area contributed by atoms with Crippen LogP contribution in [0.2, 0.25) is 5.02 Å². The molecule has 0 spiro atoms. The number of carboxylic acid groups (broad SMARTS) is 1. The summed E-state index contributed by atoms with van der Waals surface area (Å²) in [6.07, 6.45) is -0.00604. The molecule has 3 aromatic carbocycles. The number of aromatic nitrogens is 2. The Bertz CT molecular complexity index is 1140. The van der Waals surface area contributed by atoms with Gasteiger partial charge >= 0.3 is 5.97 Å². The maximum Gasteiger partial charge on any atom is 0.307 e. The van der Waals surface area contributed by atoms with Gasteiger partial charge in [-0.3, -0.25) is 4.79 Å². The fourth-order valence-electron chi connectivity index (χ4n) is 3.23. The lowest BCUT2D eigenvalue weighted by Crippen LogP contribution is -2.08. The summed E-state index contributed by atoms with van der Waals surface area (Å²) in [7, 11) is 0. The first-order chi connectivity index (χ1) is 14.1. The topological polar surface area (TPSA) is 64.3 Å². The first-order valence-corrected chi connectivity index (χ1v) is 9.58. The molecule has 4 rings (SSSR count). The lowest BCUT2D eigenvalue weighted by molar-refractivity contribution is -0.136. The molecule has 6 heteroatoms. The maximum atomic E-state index is 10.8. The molecule has 0 atom stereocenters. The molecule has 0 aliphatic heterocycles. The van der Waals surface area contributed by atoms with E-state index in [0.717, 1.165) is 22.4 Å². The van der Waals surface area contributed by atoms with Crippen molar-refractivity contribution in [3.05, 3.63) is 94.8 Å². The van der Waals surface area contributed by atoms with Gasteiger partial charge < -0.3 is 14.4 Å². The van der Waals surface area contributed by atoms with Gasteiger partial charge in [0.25, 0.3) is 0 Å². The highest BCUT2D eigenvalue weighted by molar-refractivity contribution is 6.31. The second kappa shape index (κ2) is 8.37. The summed E-state index contributed by atoms with van der Waals surface area (Å²) in [6.45, 7) is 0.965. The second-order valence-corrected chi connectivity index (χ2v) is 7.17. The summed E-state index contributed by atoms with van der Waals surface area (Å²) in [5.41, 5.74) is 3.72. The van der Waals surface area contributed by atoms with Crippen molar-refractivity contribution in [2.24, 2.45) is 0 Å². The fraction of sp³-hybridized carbons (Fsp3) is 0.130. The Morgan fingerprint density at radius 3 is 2.48 bits per heavy atom. The number of ether oxygens (including phenoxy) is 1. The molecule has 0 saturated heterocycles. The molecule has 1 N–H and O–H groups in total. The SMILES string of the molecule is O=C(O)Cc1ccc(OCc2nc3cc(Cl)ccc3n2Cc2ccccc2)cc1. The Balaban J connectivity index is 1.59. The van der Waals surface area contributed by atoms with Gasteiger partial charge in [0.2, 0.25) is 0 Å². The summed E-state index contributed by atoms with van der Waals surface area (Å²) >= 11 is 6.14. The third-order valence-electron chi connectivity index (χ3n) is 4.62. The van der Waals surface area contributed by atoms with E-state index in [1.54, 1.807) is 24.3 Å². The van der Waals surface area contributed by atoms with E-state index in [4.69, 9.17) is 26.4 Å². The van der Waals surface area contributed by atoms with E-state index in [0.29, 0.717) is 17.3 Å². The normalized spacial score (nSPS) is 10.9. The van der Waals surface area contributed by atoms with Crippen molar-refractivity contribution in [3.8, 4) is 5.75 Å². The van der Waals surface area contributed by atoms with Crippen LogP contribution < -0.4 is 4.74 Å². The monoisotopic (exact) mass is 406 g/mol. The Kier molecular flexibility index (Phi) is 5.49. The Hall–Kier alpha value is -3.31. The number of hydrogen-bond acceptors (Lipinski definition) is 3. The second-order valence-electron chi connectivity index (χ2n) is 6.74. The number of imidazole rings is 1. The van der Waals surface area contributed by atoms with Crippen LogP contribution in [0.15, 0.2) is 72.8 Å². The van der Waals surface area contributed by atoms with Crippen molar-refractivity contribution in [2.75, 3.05) is 0 Å². The van der Waals surface area contributed by atoms with Crippen LogP contribution in [0.1, 0.15) is 17.0 Å². The smallest absolute Gasteiger partial charge is 0.307 e. The van der Waals surface area contributed by atoms with E-state index in [9.17, 15) is 4.79 Å². The number of carboxylic acids is 1. The Morgan fingerprint density at radius 1 is 1.00 bits per heavy atom. The number of halogens is 1. The molecule has 146 valence electrons. The minimum absolute atomic E-state index is 0.00604. The van der Waals surface area contributed by atoms with Crippen LogP contribution in [-0.2, 0) is 24.4 Å². The molecule has 4 aromatic rings. The number of nitrogens with zero attached hydrogens (tertiary/aromatic N) is 2. The molecule has 0 aliphatic rings. The quantitative estimate of drug-likeness (QED) is 0.472. The Morgan fingerprint density at radius 2 is 1.76 bits per heavy atom. The number of carbonyl (C=O) groups is 1. The van der Waals surface area contributed by atoms with E-state index >= 15 is 0 Å². The molecule has 29 heavy (non-hydrogen) atoms.